The molecule has 0 unspecified atom stereocenters. The van der Waals surface area contributed by atoms with Crippen molar-refractivity contribution in [2.75, 3.05) is 6.54 Å². The van der Waals surface area contributed by atoms with Crippen molar-refractivity contribution in [1.29, 1.82) is 0 Å². The summed E-state index contributed by atoms with van der Waals surface area (Å²) in [6, 6.07) is 7.16. The van der Waals surface area contributed by atoms with E-state index in [9.17, 15) is 9.59 Å². The van der Waals surface area contributed by atoms with E-state index in [1.54, 1.807) is 24.3 Å². The summed E-state index contributed by atoms with van der Waals surface area (Å²) in [6.07, 6.45) is 4.95. The fourth-order valence-electron chi connectivity index (χ4n) is 2.84. The summed E-state index contributed by atoms with van der Waals surface area (Å²) in [5.74, 6) is 0.290. The molecule has 1 aliphatic carbocycles. The molecule has 2 N–H and O–H groups in total. The van der Waals surface area contributed by atoms with Crippen molar-refractivity contribution in [3.05, 3.63) is 34.9 Å². The number of halogens is 1. The molecule has 1 aromatic rings. The molecule has 0 heterocycles. The van der Waals surface area contributed by atoms with Gasteiger partial charge in [-0.3, -0.25) is 9.59 Å². The van der Waals surface area contributed by atoms with E-state index in [4.69, 9.17) is 11.6 Å². The van der Waals surface area contributed by atoms with Crippen molar-refractivity contribution in [2.24, 2.45) is 5.92 Å². The van der Waals surface area contributed by atoms with Crippen LogP contribution in [0.5, 0.6) is 0 Å². The molecule has 1 fully saturated rings. The summed E-state index contributed by atoms with van der Waals surface area (Å²) >= 11 is 5.97. The maximum Gasteiger partial charge on any atom is 0.252 e. The summed E-state index contributed by atoms with van der Waals surface area (Å²) in [7, 11) is 0. The van der Waals surface area contributed by atoms with Gasteiger partial charge in [-0.25, -0.2) is 0 Å². The van der Waals surface area contributed by atoms with Gasteiger partial charge in [0.1, 0.15) is 0 Å². The first-order valence-corrected chi connectivity index (χ1v) is 8.28. The van der Waals surface area contributed by atoms with Crippen LogP contribution in [0.25, 0.3) is 0 Å². The fraction of sp³-hybridized carbons (Fsp3) is 0.529. The maximum atomic E-state index is 12.0. The highest BCUT2D eigenvalue weighted by Crippen LogP contribution is 2.23. The van der Waals surface area contributed by atoms with Crippen molar-refractivity contribution < 1.29 is 9.59 Å². The lowest BCUT2D eigenvalue weighted by Crippen LogP contribution is -2.42. The van der Waals surface area contributed by atoms with Gasteiger partial charge in [-0.15, -0.1) is 0 Å². The summed E-state index contributed by atoms with van der Waals surface area (Å²) in [6.45, 7) is 2.50. The van der Waals surface area contributed by atoms with E-state index in [1.807, 2.05) is 0 Å². The summed E-state index contributed by atoms with van der Waals surface area (Å²) in [5, 5.41) is 6.23. The lowest BCUT2D eigenvalue weighted by Gasteiger charge is -2.29. The molecule has 0 radical (unpaired) electrons. The minimum atomic E-state index is -0.246. The van der Waals surface area contributed by atoms with Gasteiger partial charge in [0.05, 0.1) is 10.6 Å². The molecular weight excluding hydrogens is 300 g/mol. The highest BCUT2D eigenvalue weighted by atomic mass is 35.5. The van der Waals surface area contributed by atoms with Crippen molar-refractivity contribution in [3.63, 3.8) is 0 Å². The smallest absolute Gasteiger partial charge is 0.252 e. The second kappa shape index (κ2) is 8.18. The Bertz CT molecular complexity index is 533. The van der Waals surface area contributed by atoms with Crippen LogP contribution in [0.3, 0.4) is 0 Å². The van der Waals surface area contributed by atoms with Gasteiger partial charge < -0.3 is 10.6 Å². The van der Waals surface area contributed by atoms with Gasteiger partial charge in [0.2, 0.25) is 5.91 Å². The predicted molar refractivity (Wildman–Crippen MR) is 88.0 cm³/mol. The molecular formula is C17H23ClN2O2. The molecule has 1 aliphatic rings. The minimum absolute atomic E-state index is 0.00166. The van der Waals surface area contributed by atoms with E-state index >= 15 is 0 Å². The Kier molecular flexibility index (Phi) is 6.25. The molecule has 5 heteroatoms. The molecule has 0 aromatic heterocycles. The van der Waals surface area contributed by atoms with Gasteiger partial charge in [0.15, 0.2) is 0 Å². The number of carbonyl (C=O) groups excluding carboxylic acids is 2. The third-order valence-corrected chi connectivity index (χ3v) is 4.54. The van der Waals surface area contributed by atoms with Crippen molar-refractivity contribution in [1.82, 2.24) is 10.6 Å². The van der Waals surface area contributed by atoms with E-state index in [1.165, 1.54) is 19.3 Å². The van der Waals surface area contributed by atoms with Gasteiger partial charge >= 0.3 is 0 Å². The number of nitrogens with one attached hydrogen (secondary N) is 2. The van der Waals surface area contributed by atoms with Crippen LogP contribution in [0, 0.1) is 5.92 Å². The monoisotopic (exact) mass is 322 g/mol. The molecule has 0 spiro atoms. The zero-order chi connectivity index (χ0) is 15.9. The standard InChI is InChI=1S/C17H23ClN2O2/c1-12-6-2-5-9-15(12)20-16(21)10-11-19-17(22)13-7-3-4-8-14(13)18/h3-4,7-8,12,15H,2,5-6,9-11H2,1H3,(H,19,22)(H,20,21)/t12-,15-/m1/s1. The van der Waals surface area contributed by atoms with E-state index in [-0.39, 0.29) is 17.9 Å². The second-order valence-corrected chi connectivity index (χ2v) is 6.33. The zero-order valence-electron chi connectivity index (χ0n) is 12.9. The van der Waals surface area contributed by atoms with Crippen LogP contribution >= 0.6 is 11.6 Å². The number of amides is 2. The Labute approximate surface area is 136 Å². The third-order valence-electron chi connectivity index (χ3n) is 4.21. The van der Waals surface area contributed by atoms with Gasteiger partial charge in [-0.05, 0) is 30.9 Å². The Morgan fingerprint density at radius 1 is 1.23 bits per heavy atom. The highest BCUT2D eigenvalue weighted by Gasteiger charge is 2.22. The first-order chi connectivity index (χ1) is 10.6. The number of carbonyl (C=O) groups is 2. The zero-order valence-corrected chi connectivity index (χ0v) is 13.7. The summed E-state index contributed by atoms with van der Waals surface area (Å²) in [5.41, 5.74) is 0.436. The van der Waals surface area contributed by atoms with Gasteiger partial charge in [0, 0.05) is 19.0 Å². The molecule has 1 saturated carbocycles. The normalized spacial score (nSPS) is 21.2. The molecule has 0 saturated heterocycles. The van der Waals surface area contributed by atoms with Crippen LogP contribution in [0.15, 0.2) is 24.3 Å². The van der Waals surface area contributed by atoms with E-state index < -0.39 is 0 Å². The van der Waals surface area contributed by atoms with Crippen molar-refractivity contribution in [2.45, 2.75) is 45.1 Å². The Morgan fingerprint density at radius 2 is 1.95 bits per heavy atom. The fourth-order valence-corrected chi connectivity index (χ4v) is 3.06. The minimum Gasteiger partial charge on any atom is -0.353 e. The van der Waals surface area contributed by atoms with Crippen molar-refractivity contribution >= 4 is 23.4 Å². The lowest BCUT2D eigenvalue weighted by molar-refractivity contribution is -0.122. The first kappa shape index (κ1) is 16.8. The third kappa shape index (κ3) is 4.73. The average Bonchev–Trinajstić information content (AvgIpc) is 2.50. The Hall–Kier alpha value is -1.55. The second-order valence-electron chi connectivity index (χ2n) is 5.92. The molecule has 0 bridgehead atoms. The SMILES string of the molecule is C[C@@H]1CCCC[C@H]1NC(=O)CCNC(=O)c1ccccc1Cl. The number of benzene rings is 1. The lowest BCUT2D eigenvalue weighted by atomic mass is 9.86. The first-order valence-electron chi connectivity index (χ1n) is 7.90. The number of hydrogen-bond acceptors (Lipinski definition) is 2. The van der Waals surface area contributed by atoms with Crippen molar-refractivity contribution in [3.8, 4) is 0 Å². The van der Waals surface area contributed by atoms with Crippen LogP contribution in [0.4, 0.5) is 0 Å². The number of rotatable bonds is 5. The Balaban J connectivity index is 1.73. The van der Waals surface area contributed by atoms with E-state index in [2.05, 4.69) is 17.6 Å². The van der Waals surface area contributed by atoms with E-state index in [0.29, 0.717) is 29.5 Å². The number of hydrogen-bond donors (Lipinski definition) is 2. The highest BCUT2D eigenvalue weighted by molar-refractivity contribution is 6.33. The summed E-state index contributed by atoms with van der Waals surface area (Å²) < 4.78 is 0. The van der Waals surface area contributed by atoms with E-state index in [0.717, 1.165) is 6.42 Å². The average molecular weight is 323 g/mol. The summed E-state index contributed by atoms with van der Waals surface area (Å²) in [4.78, 5) is 23.9. The molecule has 4 nitrogen and oxygen atoms in total. The largest absolute Gasteiger partial charge is 0.353 e. The van der Waals surface area contributed by atoms with Crippen LogP contribution < -0.4 is 10.6 Å². The van der Waals surface area contributed by atoms with Crippen LogP contribution in [0.2, 0.25) is 5.02 Å². The topological polar surface area (TPSA) is 58.2 Å². The maximum absolute atomic E-state index is 12.0. The molecule has 2 rings (SSSR count). The quantitative estimate of drug-likeness (QED) is 0.875. The molecule has 2 atom stereocenters. The molecule has 2 amide bonds. The van der Waals surface area contributed by atoms with Crippen LogP contribution in [0.1, 0.15) is 49.4 Å². The predicted octanol–water partition coefficient (Wildman–Crippen LogP) is 3.15. The Morgan fingerprint density at radius 3 is 2.68 bits per heavy atom. The van der Waals surface area contributed by atoms with Gasteiger partial charge in [0.25, 0.3) is 5.91 Å². The molecule has 1 aromatic carbocycles. The van der Waals surface area contributed by atoms with Gasteiger partial charge in [-0.1, -0.05) is 43.5 Å². The van der Waals surface area contributed by atoms with Crippen LogP contribution in [-0.2, 0) is 4.79 Å². The van der Waals surface area contributed by atoms with Crippen LogP contribution in [-0.4, -0.2) is 24.4 Å². The van der Waals surface area contributed by atoms with Gasteiger partial charge in [-0.2, -0.15) is 0 Å². The molecule has 22 heavy (non-hydrogen) atoms. The molecule has 120 valence electrons. The molecule has 0 aliphatic heterocycles.